The van der Waals surface area contributed by atoms with E-state index in [1.54, 1.807) is 18.2 Å². The maximum Gasteiger partial charge on any atom is 0.417 e. The largest absolute Gasteiger partial charge is 0.489 e. The Morgan fingerprint density at radius 3 is 2.61 bits per heavy atom. The Balaban J connectivity index is 1.66. The van der Waals surface area contributed by atoms with Gasteiger partial charge in [0, 0.05) is 17.5 Å². The van der Waals surface area contributed by atoms with Crippen LogP contribution >= 0.6 is 0 Å². The molecule has 3 atom stereocenters. The molecule has 2 N–H and O–H groups in total. The van der Waals surface area contributed by atoms with Crippen molar-refractivity contribution in [2.75, 3.05) is 6.61 Å². The molecule has 0 bridgehead atoms. The van der Waals surface area contributed by atoms with Crippen LogP contribution in [0.3, 0.4) is 0 Å². The lowest BCUT2D eigenvalue weighted by molar-refractivity contribution is -0.140. The number of alkyl halides is 3. The summed E-state index contributed by atoms with van der Waals surface area (Å²) in [6, 6.07) is 8.08. The summed E-state index contributed by atoms with van der Waals surface area (Å²) < 4.78 is 79.4. The first-order valence-electron chi connectivity index (χ1n) is 9.40. The van der Waals surface area contributed by atoms with Gasteiger partial charge in [-0.05, 0) is 37.1 Å². The molecule has 1 heterocycles. The van der Waals surface area contributed by atoms with Crippen molar-refractivity contribution >= 4 is 16.0 Å². The van der Waals surface area contributed by atoms with Gasteiger partial charge >= 0.3 is 12.1 Å². The number of benzene rings is 2. The number of nitrogens with one attached hydrogen (secondary N) is 1. The zero-order valence-electron chi connectivity index (χ0n) is 15.9. The fourth-order valence-corrected chi connectivity index (χ4v) is 5.72. The maximum atomic E-state index is 13.3. The van der Waals surface area contributed by atoms with Crippen LogP contribution < -0.4 is 14.2 Å². The number of carbonyl (C=O) groups is 1. The fourth-order valence-electron chi connectivity index (χ4n) is 4.20. The molecule has 0 amide bonds. The molecule has 0 spiro atoms. The van der Waals surface area contributed by atoms with Gasteiger partial charge in [-0.1, -0.05) is 18.2 Å². The number of hydrogen-bond acceptors (Lipinski definition) is 5. The number of aliphatic carboxylic acids is 1. The van der Waals surface area contributed by atoms with Crippen molar-refractivity contribution in [1.82, 2.24) is 4.72 Å². The molecule has 2 aliphatic rings. The van der Waals surface area contributed by atoms with E-state index in [1.165, 1.54) is 6.07 Å². The predicted molar refractivity (Wildman–Crippen MR) is 102 cm³/mol. The van der Waals surface area contributed by atoms with Gasteiger partial charge < -0.3 is 14.6 Å². The molecule has 0 radical (unpaired) electrons. The molecule has 11 heteroatoms. The Hall–Kier alpha value is -2.79. The van der Waals surface area contributed by atoms with Gasteiger partial charge in [-0.25, -0.2) is 17.9 Å². The zero-order valence-corrected chi connectivity index (χ0v) is 16.7. The lowest BCUT2D eigenvalue weighted by Gasteiger charge is -2.22. The quantitative estimate of drug-likeness (QED) is 0.691. The second-order valence-corrected chi connectivity index (χ2v) is 9.01. The first-order valence-corrected chi connectivity index (χ1v) is 10.9. The highest BCUT2D eigenvalue weighted by molar-refractivity contribution is 7.89. The van der Waals surface area contributed by atoms with Gasteiger partial charge in [0.05, 0.1) is 10.5 Å². The van der Waals surface area contributed by atoms with Crippen molar-refractivity contribution < 1.29 is 41.0 Å². The van der Waals surface area contributed by atoms with E-state index in [2.05, 4.69) is 4.72 Å². The minimum absolute atomic E-state index is 0.245. The van der Waals surface area contributed by atoms with E-state index < -0.39 is 57.3 Å². The van der Waals surface area contributed by atoms with Gasteiger partial charge in [0.1, 0.15) is 17.6 Å². The number of rotatable bonds is 6. The minimum atomic E-state index is -4.83. The molecule has 3 unspecified atom stereocenters. The molecular formula is C20H18F3NO6S. The number of ether oxygens (including phenoxy) is 2. The predicted octanol–water partition coefficient (Wildman–Crippen LogP) is 3.15. The molecule has 1 aliphatic carbocycles. The number of fused-ring (bicyclic) bond motifs is 3. The van der Waals surface area contributed by atoms with Gasteiger partial charge in [0.2, 0.25) is 10.0 Å². The molecule has 31 heavy (non-hydrogen) atoms. The van der Waals surface area contributed by atoms with E-state index in [-0.39, 0.29) is 5.75 Å². The second-order valence-electron chi connectivity index (χ2n) is 7.33. The molecular weight excluding hydrogens is 439 g/mol. The van der Waals surface area contributed by atoms with Crippen LogP contribution in [0.15, 0.2) is 47.4 Å². The SMILES string of the molecule is O=C(O)COc1cccc2c1C1C(NS(=O)(=O)c3ccccc3C(F)(F)F)CCC1O2. The van der Waals surface area contributed by atoms with Crippen molar-refractivity contribution in [3.05, 3.63) is 53.6 Å². The van der Waals surface area contributed by atoms with Crippen molar-refractivity contribution in [2.45, 2.75) is 42.0 Å². The molecule has 1 saturated carbocycles. The summed E-state index contributed by atoms with van der Waals surface area (Å²) in [6.07, 6.45) is -4.40. The lowest BCUT2D eigenvalue weighted by atomic mass is 9.93. The number of sulfonamides is 1. The molecule has 166 valence electrons. The van der Waals surface area contributed by atoms with Crippen LogP contribution in [0.5, 0.6) is 11.5 Å². The Kier molecular flexibility index (Phi) is 5.34. The summed E-state index contributed by atoms with van der Waals surface area (Å²) in [5, 5.41) is 8.89. The summed E-state index contributed by atoms with van der Waals surface area (Å²) in [5.74, 6) is -1.01. The van der Waals surface area contributed by atoms with Gasteiger partial charge in [-0.3, -0.25) is 0 Å². The topological polar surface area (TPSA) is 102 Å². The molecule has 0 saturated heterocycles. The van der Waals surface area contributed by atoms with Crippen molar-refractivity contribution in [3.63, 3.8) is 0 Å². The van der Waals surface area contributed by atoms with Crippen LogP contribution in [0.2, 0.25) is 0 Å². The van der Waals surface area contributed by atoms with Crippen molar-refractivity contribution in [1.29, 1.82) is 0 Å². The Morgan fingerprint density at radius 2 is 1.90 bits per heavy atom. The van der Waals surface area contributed by atoms with Crippen LogP contribution in [-0.2, 0) is 21.0 Å². The average molecular weight is 457 g/mol. The molecule has 4 rings (SSSR count). The monoisotopic (exact) mass is 457 g/mol. The third kappa shape index (κ3) is 4.07. The number of hydrogen-bond donors (Lipinski definition) is 2. The number of carboxylic acid groups (broad SMARTS) is 1. The summed E-state index contributed by atoms with van der Waals surface area (Å²) in [6.45, 7) is -0.594. The maximum absolute atomic E-state index is 13.3. The van der Waals surface area contributed by atoms with Gasteiger partial charge in [-0.2, -0.15) is 13.2 Å². The highest BCUT2D eigenvalue weighted by Crippen LogP contribution is 2.51. The standard InChI is InChI=1S/C20H18F3NO6S/c21-20(22,23)11-4-1-2-7-16(11)31(27,28)24-12-8-9-15-18(12)19-13(29-10-17(25)26)5-3-6-14(19)30-15/h1-7,12,15,18,24H,8-10H2,(H,25,26). The fraction of sp³-hybridized carbons (Fsp3) is 0.350. The summed E-state index contributed by atoms with van der Waals surface area (Å²) in [5.41, 5.74) is -0.728. The Labute approximate surface area is 175 Å². The summed E-state index contributed by atoms with van der Waals surface area (Å²) in [4.78, 5) is 10.0. The highest BCUT2D eigenvalue weighted by atomic mass is 32.2. The molecule has 7 nitrogen and oxygen atoms in total. The lowest BCUT2D eigenvalue weighted by Crippen LogP contribution is -2.38. The average Bonchev–Trinajstić information content (AvgIpc) is 3.25. The highest BCUT2D eigenvalue weighted by Gasteiger charge is 2.48. The van der Waals surface area contributed by atoms with Crippen LogP contribution in [0.25, 0.3) is 0 Å². The smallest absolute Gasteiger partial charge is 0.417 e. The van der Waals surface area contributed by atoms with Crippen LogP contribution in [0, 0.1) is 0 Å². The van der Waals surface area contributed by atoms with Gasteiger partial charge in [0.15, 0.2) is 6.61 Å². The number of halogens is 3. The first-order chi connectivity index (χ1) is 14.6. The summed E-state index contributed by atoms with van der Waals surface area (Å²) >= 11 is 0. The van der Waals surface area contributed by atoms with Crippen LogP contribution in [0.4, 0.5) is 13.2 Å². The molecule has 2 aromatic rings. The molecule has 0 aromatic heterocycles. The third-order valence-corrected chi connectivity index (χ3v) is 6.92. The van der Waals surface area contributed by atoms with E-state index in [1.807, 2.05) is 0 Å². The first kappa shape index (κ1) is 21.4. The van der Waals surface area contributed by atoms with Crippen molar-refractivity contribution in [3.8, 4) is 11.5 Å². The number of carboxylic acids is 1. The molecule has 1 fully saturated rings. The van der Waals surface area contributed by atoms with Gasteiger partial charge in [-0.15, -0.1) is 0 Å². The Morgan fingerprint density at radius 1 is 1.16 bits per heavy atom. The minimum Gasteiger partial charge on any atom is -0.489 e. The second kappa shape index (κ2) is 7.72. The summed E-state index contributed by atoms with van der Waals surface area (Å²) in [7, 11) is -4.50. The molecule has 2 aromatic carbocycles. The van der Waals surface area contributed by atoms with E-state index in [0.29, 0.717) is 24.2 Å². The van der Waals surface area contributed by atoms with Crippen molar-refractivity contribution in [2.24, 2.45) is 0 Å². The zero-order chi connectivity index (χ0) is 22.4. The molecule has 1 aliphatic heterocycles. The van der Waals surface area contributed by atoms with E-state index in [0.717, 1.165) is 18.2 Å². The van der Waals surface area contributed by atoms with E-state index >= 15 is 0 Å². The third-order valence-electron chi connectivity index (χ3n) is 5.37. The van der Waals surface area contributed by atoms with E-state index in [9.17, 15) is 26.4 Å². The van der Waals surface area contributed by atoms with Crippen LogP contribution in [0.1, 0.15) is 29.9 Å². The van der Waals surface area contributed by atoms with E-state index in [4.69, 9.17) is 14.6 Å². The van der Waals surface area contributed by atoms with Crippen LogP contribution in [-0.4, -0.2) is 38.2 Å². The van der Waals surface area contributed by atoms with Gasteiger partial charge in [0.25, 0.3) is 0 Å². The normalized spacial score (nSPS) is 22.5. The Bertz CT molecular complexity index is 1120.